The van der Waals surface area contributed by atoms with Gasteiger partial charge in [-0.3, -0.25) is 4.79 Å². The lowest BCUT2D eigenvalue weighted by Crippen LogP contribution is -2.24. The zero-order valence-electron chi connectivity index (χ0n) is 10.2. The molecule has 1 aliphatic rings. The van der Waals surface area contributed by atoms with Crippen molar-refractivity contribution in [3.05, 3.63) is 28.2 Å². The van der Waals surface area contributed by atoms with Crippen LogP contribution in [0, 0.1) is 0 Å². The van der Waals surface area contributed by atoms with Crippen molar-refractivity contribution in [1.29, 1.82) is 0 Å². The fourth-order valence-electron chi connectivity index (χ4n) is 2.29. The lowest BCUT2D eigenvalue weighted by atomic mass is 10.1. The molecule has 2 nitrogen and oxygen atoms in total. The summed E-state index contributed by atoms with van der Waals surface area (Å²) in [5, 5.41) is 0. The van der Waals surface area contributed by atoms with E-state index >= 15 is 0 Å². The van der Waals surface area contributed by atoms with Gasteiger partial charge in [0.1, 0.15) is 0 Å². The molecule has 0 aromatic heterocycles. The van der Waals surface area contributed by atoms with Crippen molar-refractivity contribution in [3.8, 4) is 0 Å². The Morgan fingerprint density at radius 2 is 1.82 bits per heavy atom. The number of Topliss-reactive ketones (excluding diaryl/α,β-unsaturated/α-hetero) is 1. The third kappa shape index (κ3) is 3.09. The van der Waals surface area contributed by atoms with Gasteiger partial charge < -0.3 is 4.90 Å². The van der Waals surface area contributed by atoms with Gasteiger partial charge in [-0.2, -0.15) is 0 Å². The minimum absolute atomic E-state index is 0.119. The molecule has 1 heterocycles. The summed E-state index contributed by atoms with van der Waals surface area (Å²) in [6.07, 6.45) is 5.20. The highest BCUT2D eigenvalue weighted by Crippen LogP contribution is 2.29. The molecule has 2 rings (SSSR count). The maximum Gasteiger partial charge on any atom is 0.159 e. The zero-order valence-corrected chi connectivity index (χ0v) is 11.8. The van der Waals surface area contributed by atoms with Gasteiger partial charge in [0.2, 0.25) is 0 Å². The first-order valence-corrected chi connectivity index (χ1v) is 7.03. The fourth-order valence-corrected chi connectivity index (χ4v) is 2.92. The fraction of sp³-hybridized carbons (Fsp3) is 0.500. The monoisotopic (exact) mass is 295 g/mol. The predicted molar refractivity (Wildman–Crippen MR) is 74.8 cm³/mol. The van der Waals surface area contributed by atoms with E-state index in [-0.39, 0.29) is 5.78 Å². The van der Waals surface area contributed by atoms with Crippen molar-refractivity contribution in [2.75, 3.05) is 18.0 Å². The predicted octanol–water partition coefficient (Wildman–Crippen LogP) is 4.03. The molecule has 0 saturated carbocycles. The van der Waals surface area contributed by atoms with Crippen LogP contribution in [0.15, 0.2) is 22.7 Å². The number of benzene rings is 1. The van der Waals surface area contributed by atoms with E-state index in [2.05, 4.69) is 26.9 Å². The molecule has 1 aromatic carbocycles. The number of hydrogen-bond acceptors (Lipinski definition) is 2. The van der Waals surface area contributed by atoms with Gasteiger partial charge in [0.25, 0.3) is 0 Å². The van der Waals surface area contributed by atoms with E-state index < -0.39 is 0 Å². The average molecular weight is 296 g/mol. The molecular weight excluding hydrogens is 278 g/mol. The van der Waals surface area contributed by atoms with Gasteiger partial charge in [-0.05, 0) is 53.9 Å². The SMILES string of the molecule is CC(=O)c1ccc(N2CCCCCC2)c(Br)c1. The van der Waals surface area contributed by atoms with Gasteiger partial charge in [-0.15, -0.1) is 0 Å². The number of ketones is 1. The first-order chi connectivity index (χ1) is 8.18. The van der Waals surface area contributed by atoms with E-state index in [0.717, 1.165) is 23.1 Å². The Morgan fingerprint density at radius 1 is 1.18 bits per heavy atom. The van der Waals surface area contributed by atoms with Crippen LogP contribution in [0.4, 0.5) is 5.69 Å². The molecule has 92 valence electrons. The Kier molecular flexibility index (Phi) is 4.21. The second-order valence-corrected chi connectivity index (χ2v) is 5.48. The Bertz CT molecular complexity index is 409. The van der Waals surface area contributed by atoms with E-state index in [1.807, 2.05) is 12.1 Å². The summed E-state index contributed by atoms with van der Waals surface area (Å²) in [5.41, 5.74) is 1.99. The van der Waals surface area contributed by atoms with Crippen molar-refractivity contribution in [1.82, 2.24) is 0 Å². The number of anilines is 1. The summed E-state index contributed by atoms with van der Waals surface area (Å²) in [5.74, 6) is 0.119. The average Bonchev–Trinajstić information content (AvgIpc) is 2.57. The Hall–Kier alpha value is -0.830. The van der Waals surface area contributed by atoms with E-state index in [9.17, 15) is 4.79 Å². The maximum absolute atomic E-state index is 11.3. The summed E-state index contributed by atoms with van der Waals surface area (Å²) < 4.78 is 1.03. The third-order valence-electron chi connectivity index (χ3n) is 3.30. The van der Waals surface area contributed by atoms with Crippen LogP contribution >= 0.6 is 15.9 Å². The van der Waals surface area contributed by atoms with Crippen LogP contribution in [-0.2, 0) is 0 Å². The van der Waals surface area contributed by atoms with Crippen LogP contribution in [0.2, 0.25) is 0 Å². The maximum atomic E-state index is 11.3. The second-order valence-electron chi connectivity index (χ2n) is 4.62. The van der Waals surface area contributed by atoms with Crippen molar-refractivity contribution in [2.45, 2.75) is 32.6 Å². The van der Waals surface area contributed by atoms with Gasteiger partial charge in [0, 0.05) is 23.1 Å². The Labute approximate surface area is 111 Å². The number of nitrogens with zero attached hydrogens (tertiary/aromatic N) is 1. The molecule has 3 heteroatoms. The lowest BCUT2D eigenvalue weighted by Gasteiger charge is -2.24. The van der Waals surface area contributed by atoms with Crippen LogP contribution in [0.25, 0.3) is 0 Å². The van der Waals surface area contributed by atoms with Gasteiger partial charge >= 0.3 is 0 Å². The molecule has 1 saturated heterocycles. The number of carbonyl (C=O) groups is 1. The van der Waals surface area contributed by atoms with Crippen molar-refractivity contribution < 1.29 is 4.79 Å². The molecule has 0 amide bonds. The van der Waals surface area contributed by atoms with Gasteiger partial charge in [0.15, 0.2) is 5.78 Å². The summed E-state index contributed by atoms with van der Waals surface area (Å²) in [4.78, 5) is 13.7. The van der Waals surface area contributed by atoms with Crippen molar-refractivity contribution in [3.63, 3.8) is 0 Å². The molecule has 0 bridgehead atoms. The molecule has 1 aliphatic heterocycles. The molecule has 0 aliphatic carbocycles. The zero-order chi connectivity index (χ0) is 12.3. The minimum Gasteiger partial charge on any atom is -0.371 e. The molecule has 0 spiro atoms. The summed E-state index contributed by atoms with van der Waals surface area (Å²) in [6, 6.07) is 5.92. The highest BCUT2D eigenvalue weighted by atomic mass is 79.9. The first kappa shape index (κ1) is 12.6. The van der Waals surface area contributed by atoms with Gasteiger partial charge in [-0.25, -0.2) is 0 Å². The van der Waals surface area contributed by atoms with Crippen LogP contribution in [-0.4, -0.2) is 18.9 Å². The van der Waals surface area contributed by atoms with E-state index in [1.165, 1.54) is 31.4 Å². The molecule has 0 N–H and O–H groups in total. The van der Waals surface area contributed by atoms with Crippen LogP contribution in [0.5, 0.6) is 0 Å². The minimum atomic E-state index is 0.119. The smallest absolute Gasteiger partial charge is 0.159 e. The Morgan fingerprint density at radius 3 is 2.35 bits per heavy atom. The van der Waals surface area contributed by atoms with Gasteiger partial charge in [-0.1, -0.05) is 12.8 Å². The normalized spacial score (nSPS) is 16.7. The van der Waals surface area contributed by atoms with Gasteiger partial charge in [0.05, 0.1) is 5.69 Å². The third-order valence-corrected chi connectivity index (χ3v) is 3.94. The van der Waals surface area contributed by atoms with Crippen molar-refractivity contribution >= 4 is 27.4 Å². The molecule has 0 radical (unpaired) electrons. The molecule has 17 heavy (non-hydrogen) atoms. The summed E-state index contributed by atoms with van der Waals surface area (Å²) >= 11 is 3.58. The molecular formula is C14H18BrNO. The first-order valence-electron chi connectivity index (χ1n) is 6.24. The molecule has 0 atom stereocenters. The highest BCUT2D eigenvalue weighted by Gasteiger charge is 2.13. The lowest BCUT2D eigenvalue weighted by molar-refractivity contribution is 0.101. The van der Waals surface area contributed by atoms with Crippen LogP contribution < -0.4 is 4.90 Å². The highest BCUT2D eigenvalue weighted by molar-refractivity contribution is 9.10. The van der Waals surface area contributed by atoms with E-state index in [1.54, 1.807) is 6.92 Å². The quantitative estimate of drug-likeness (QED) is 0.768. The van der Waals surface area contributed by atoms with Crippen LogP contribution in [0.3, 0.4) is 0 Å². The molecule has 0 unspecified atom stereocenters. The molecule has 1 fully saturated rings. The number of hydrogen-bond donors (Lipinski definition) is 0. The second kappa shape index (κ2) is 5.67. The van der Waals surface area contributed by atoms with Crippen LogP contribution in [0.1, 0.15) is 43.0 Å². The number of halogens is 1. The van der Waals surface area contributed by atoms with E-state index in [4.69, 9.17) is 0 Å². The summed E-state index contributed by atoms with van der Waals surface area (Å²) in [7, 11) is 0. The number of carbonyl (C=O) groups excluding carboxylic acids is 1. The number of rotatable bonds is 2. The van der Waals surface area contributed by atoms with Crippen molar-refractivity contribution in [2.24, 2.45) is 0 Å². The summed E-state index contributed by atoms with van der Waals surface area (Å²) in [6.45, 7) is 3.85. The molecule has 1 aromatic rings. The standard InChI is InChI=1S/C14H18BrNO/c1-11(17)12-6-7-14(13(15)10-12)16-8-4-2-3-5-9-16/h6-7,10H,2-5,8-9H2,1H3. The largest absolute Gasteiger partial charge is 0.371 e. The van der Waals surface area contributed by atoms with E-state index in [0.29, 0.717) is 0 Å². The topological polar surface area (TPSA) is 20.3 Å². The Balaban J connectivity index is 2.22.